The van der Waals surface area contributed by atoms with Crippen LogP contribution in [0.1, 0.15) is 45.4 Å². The van der Waals surface area contributed by atoms with Crippen molar-refractivity contribution in [2.75, 3.05) is 6.61 Å². The molecule has 1 aliphatic rings. The van der Waals surface area contributed by atoms with Gasteiger partial charge >= 0.3 is 0 Å². The monoisotopic (exact) mass is 304 g/mol. The highest BCUT2D eigenvalue weighted by Crippen LogP contribution is 2.32. The Labute approximate surface area is 132 Å². The van der Waals surface area contributed by atoms with E-state index < -0.39 is 8.07 Å². The second kappa shape index (κ2) is 8.14. The van der Waals surface area contributed by atoms with Crippen LogP contribution in [-0.2, 0) is 4.74 Å². The maximum Gasteiger partial charge on any atom is 0.0831 e. The molecular formula is C19H32OSi. The maximum absolute atomic E-state index is 6.11. The van der Waals surface area contributed by atoms with E-state index in [2.05, 4.69) is 50.3 Å². The molecule has 118 valence electrons. The van der Waals surface area contributed by atoms with Gasteiger partial charge in [0.25, 0.3) is 0 Å². The summed E-state index contributed by atoms with van der Waals surface area (Å²) in [6, 6.07) is 12.4. The highest BCUT2D eigenvalue weighted by molar-refractivity contribution is 6.89. The fraction of sp³-hybridized carbons (Fsp3) is 0.684. The Hall–Kier alpha value is -0.603. The van der Waals surface area contributed by atoms with Crippen molar-refractivity contribution >= 4 is 13.3 Å². The average molecular weight is 305 g/mol. The Balaban J connectivity index is 1.88. The molecule has 1 aromatic carbocycles. The lowest BCUT2D eigenvalue weighted by Crippen LogP contribution is -2.44. The standard InChI is InChI=1S/C19H32OSi/c1-4-5-6-8-11-17-14-15-20-19(17)16-21(2,3)18-12-9-7-10-13-18/h7,9-10,12-13,17,19H,4-6,8,11,14-16H2,1-3H3. The molecule has 0 aliphatic carbocycles. The summed E-state index contributed by atoms with van der Waals surface area (Å²) in [6.45, 7) is 8.27. The molecule has 2 heteroatoms. The predicted octanol–water partition coefficient (Wildman–Crippen LogP) is 4.98. The Morgan fingerprint density at radius 2 is 1.86 bits per heavy atom. The highest BCUT2D eigenvalue weighted by Gasteiger charge is 2.34. The second-order valence-corrected chi connectivity index (χ2v) is 12.0. The normalized spacial score (nSPS) is 22.6. The van der Waals surface area contributed by atoms with Crippen molar-refractivity contribution in [1.82, 2.24) is 0 Å². The zero-order valence-electron chi connectivity index (χ0n) is 14.1. The van der Waals surface area contributed by atoms with Crippen molar-refractivity contribution in [3.05, 3.63) is 30.3 Å². The summed E-state index contributed by atoms with van der Waals surface area (Å²) in [4.78, 5) is 0. The molecule has 1 fully saturated rings. The molecule has 21 heavy (non-hydrogen) atoms. The van der Waals surface area contributed by atoms with Gasteiger partial charge in [0, 0.05) is 6.61 Å². The van der Waals surface area contributed by atoms with Gasteiger partial charge in [0.1, 0.15) is 0 Å². The van der Waals surface area contributed by atoms with Crippen molar-refractivity contribution < 1.29 is 4.74 Å². The maximum atomic E-state index is 6.11. The highest BCUT2D eigenvalue weighted by atomic mass is 28.3. The van der Waals surface area contributed by atoms with Crippen molar-refractivity contribution in [2.24, 2.45) is 5.92 Å². The molecule has 2 unspecified atom stereocenters. The molecule has 0 radical (unpaired) electrons. The summed E-state index contributed by atoms with van der Waals surface area (Å²) in [5.74, 6) is 0.817. The Morgan fingerprint density at radius 1 is 1.10 bits per heavy atom. The molecule has 0 aromatic heterocycles. The quantitative estimate of drug-likeness (QED) is 0.486. The van der Waals surface area contributed by atoms with Gasteiger partial charge in [0.15, 0.2) is 0 Å². The zero-order valence-corrected chi connectivity index (χ0v) is 15.1. The summed E-state index contributed by atoms with van der Waals surface area (Å²) in [7, 11) is -1.37. The fourth-order valence-corrected chi connectivity index (χ4v) is 6.38. The van der Waals surface area contributed by atoms with E-state index in [4.69, 9.17) is 4.74 Å². The molecule has 1 nitrogen and oxygen atoms in total. The van der Waals surface area contributed by atoms with E-state index in [1.165, 1.54) is 44.6 Å². The van der Waals surface area contributed by atoms with Crippen molar-refractivity contribution in [2.45, 2.75) is 70.7 Å². The Morgan fingerprint density at radius 3 is 2.57 bits per heavy atom. The van der Waals surface area contributed by atoms with Crippen LogP contribution in [0.25, 0.3) is 0 Å². The lowest BCUT2D eigenvalue weighted by atomic mass is 9.95. The van der Waals surface area contributed by atoms with Crippen LogP contribution in [0.5, 0.6) is 0 Å². The van der Waals surface area contributed by atoms with Gasteiger partial charge in [-0.2, -0.15) is 0 Å². The first kappa shape index (κ1) is 16.8. The summed E-state index contributed by atoms with van der Waals surface area (Å²) in [5.41, 5.74) is 0. The smallest absolute Gasteiger partial charge is 0.0831 e. The molecule has 2 rings (SSSR count). The number of hydrogen-bond donors (Lipinski definition) is 0. The van der Waals surface area contributed by atoms with E-state index in [0.717, 1.165) is 12.5 Å². The van der Waals surface area contributed by atoms with Crippen molar-refractivity contribution in [3.63, 3.8) is 0 Å². The van der Waals surface area contributed by atoms with Crippen molar-refractivity contribution in [1.29, 1.82) is 0 Å². The molecular weight excluding hydrogens is 272 g/mol. The summed E-state index contributed by atoms with van der Waals surface area (Å²) < 4.78 is 6.11. The van der Waals surface area contributed by atoms with Crippen molar-refractivity contribution in [3.8, 4) is 0 Å². The third-order valence-corrected chi connectivity index (χ3v) is 8.36. The van der Waals surface area contributed by atoms with Gasteiger partial charge in [0.05, 0.1) is 14.2 Å². The van der Waals surface area contributed by atoms with Crippen LogP contribution in [-0.4, -0.2) is 20.8 Å². The van der Waals surface area contributed by atoms with Gasteiger partial charge in [-0.15, -0.1) is 0 Å². The lowest BCUT2D eigenvalue weighted by molar-refractivity contribution is 0.102. The molecule has 0 N–H and O–H groups in total. The topological polar surface area (TPSA) is 9.23 Å². The van der Waals surface area contributed by atoms with E-state index in [-0.39, 0.29) is 0 Å². The van der Waals surface area contributed by atoms with Crippen LogP contribution >= 0.6 is 0 Å². The zero-order chi connectivity index (χ0) is 15.1. The lowest BCUT2D eigenvalue weighted by Gasteiger charge is -2.29. The Bertz CT molecular complexity index is 401. The molecule has 1 aromatic rings. The van der Waals surface area contributed by atoms with E-state index in [0.29, 0.717) is 6.10 Å². The van der Waals surface area contributed by atoms with Crippen LogP contribution in [0.15, 0.2) is 30.3 Å². The first-order chi connectivity index (χ1) is 10.1. The molecule has 1 heterocycles. The third kappa shape index (κ3) is 4.96. The van der Waals surface area contributed by atoms with Crippen LogP contribution in [0.4, 0.5) is 0 Å². The van der Waals surface area contributed by atoms with Crippen LogP contribution in [0.3, 0.4) is 0 Å². The molecule has 0 bridgehead atoms. The largest absolute Gasteiger partial charge is 0.378 e. The first-order valence-electron chi connectivity index (χ1n) is 8.80. The van der Waals surface area contributed by atoms with E-state index in [9.17, 15) is 0 Å². The number of unbranched alkanes of at least 4 members (excludes halogenated alkanes) is 3. The van der Waals surface area contributed by atoms with Crippen LogP contribution < -0.4 is 5.19 Å². The summed E-state index contributed by atoms with van der Waals surface area (Å²) >= 11 is 0. The van der Waals surface area contributed by atoms with Gasteiger partial charge in [-0.1, -0.05) is 81.2 Å². The number of hydrogen-bond acceptors (Lipinski definition) is 1. The van der Waals surface area contributed by atoms with Gasteiger partial charge in [-0.05, 0) is 24.8 Å². The minimum Gasteiger partial charge on any atom is -0.378 e. The van der Waals surface area contributed by atoms with Gasteiger partial charge in [-0.25, -0.2) is 0 Å². The number of ether oxygens (including phenoxy) is 1. The molecule has 0 amide bonds. The molecule has 0 saturated carbocycles. The first-order valence-corrected chi connectivity index (χ1v) is 12.0. The molecule has 2 atom stereocenters. The minimum absolute atomic E-state index is 0.522. The van der Waals surface area contributed by atoms with E-state index in [1.54, 1.807) is 5.19 Å². The fourth-order valence-electron chi connectivity index (χ4n) is 3.59. The molecule has 1 aliphatic heterocycles. The minimum atomic E-state index is -1.37. The Kier molecular flexibility index (Phi) is 6.50. The van der Waals surface area contributed by atoms with Crippen LogP contribution in [0.2, 0.25) is 19.1 Å². The number of rotatable bonds is 8. The van der Waals surface area contributed by atoms with Gasteiger partial charge in [-0.3, -0.25) is 0 Å². The second-order valence-electron chi connectivity index (χ2n) is 7.26. The summed E-state index contributed by atoms with van der Waals surface area (Å²) in [6.07, 6.45) is 8.71. The van der Waals surface area contributed by atoms with Gasteiger partial charge < -0.3 is 4.74 Å². The summed E-state index contributed by atoms with van der Waals surface area (Å²) in [5, 5.41) is 1.57. The third-order valence-electron chi connectivity index (χ3n) is 5.04. The number of benzene rings is 1. The van der Waals surface area contributed by atoms with E-state index >= 15 is 0 Å². The SMILES string of the molecule is CCCCCCC1CCOC1C[Si](C)(C)c1ccccc1. The molecule has 0 spiro atoms. The average Bonchev–Trinajstić information content (AvgIpc) is 2.91. The van der Waals surface area contributed by atoms with E-state index in [1.807, 2.05) is 0 Å². The van der Waals surface area contributed by atoms with Gasteiger partial charge in [0.2, 0.25) is 0 Å². The predicted molar refractivity (Wildman–Crippen MR) is 95.0 cm³/mol. The molecule has 1 saturated heterocycles. The van der Waals surface area contributed by atoms with Crippen LogP contribution in [0, 0.1) is 5.92 Å².